The van der Waals surface area contributed by atoms with Crippen LogP contribution in [0.4, 0.5) is 0 Å². The van der Waals surface area contributed by atoms with E-state index in [1.54, 1.807) is 0 Å². The minimum absolute atomic E-state index is 0.461. The maximum absolute atomic E-state index is 11.3. The summed E-state index contributed by atoms with van der Waals surface area (Å²) in [4.78, 5) is 32.5. The summed E-state index contributed by atoms with van der Waals surface area (Å²) in [6.45, 7) is 2.84. The number of nitrogens with two attached hydrogens (primary N) is 2. The van der Waals surface area contributed by atoms with Crippen LogP contribution >= 0.6 is 0 Å². The van der Waals surface area contributed by atoms with Gasteiger partial charge in [0.05, 0.1) is 12.0 Å². The Bertz CT molecular complexity index is 282. The van der Waals surface area contributed by atoms with E-state index in [1.165, 1.54) is 13.8 Å². The number of aliphatic carboxylic acids is 1. The third-order valence-corrected chi connectivity index (χ3v) is 1.59. The van der Waals surface area contributed by atoms with Crippen molar-refractivity contribution in [2.45, 2.75) is 31.8 Å². The molecule has 1 unspecified atom stereocenters. The second kappa shape index (κ2) is 4.74. The molecule has 15 heavy (non-hydrogen) atoms. The molecule has 0 aliphatic heterocycles. The smallest absolute Gasteiger partial charge is 0.326 e. The number of amides is 2. The van der Waals surface area contributed by atoms with Crippen LogP contribution in [0.25, 0.3) is 0 Å². The van der Waals surface area contributed by atoms with E-state index >= 15 is 0 Å². The Hall–Kier alpha value is -1.63. The molecule has 2 amide bonds. The first-order chi connectivity index (χ1) is 6.64. The van der Waals surface area contributed by atoms with Crippen molar-refractivity contribution in [1.82, 2.24) is 5.32 Å². The molecule has 0 aromatic heterocycles. The summed E-state index contributed by atoms with van der Waals surface area (Å²) in [6, 6.07) is -1.34. The highest BCUT2D eigenvalue weighted by Crippen LogP contribution is 1.99. The Balaban J connectivity index is 4.50. The second-order valence-corrected chi connectivity index (χ2v) is 3.76. The molecule has 0 radical (unpaired) electrons. The third kappa shape index (κ3) is 4.96. The summed E-state index contributed by atoms with van der Waals surface area (Å²) >= 11 is 0. The van der Waals surface area contributed by atoms with Gasteiger partial charge in [0, 0.05) is 0 Å². The van der Waals surface area contributed by atoms with Crippen LogP contribution in [-0.2, 0) is 14.4 Å². The van der Waals surface area contributed by atoms with Crippen LogP contribution in [0, 0.1) is 0 Å². The summed E-state index contributed by atoms with van der Waals surface area (Å²) < 4.78 is 0. The predicted molar refractivity (Wildman–Crippen MR) is 51.6 cm³/mol. The highest BCUT2D eigenvalue weighted by Gasteiger charge is 2.28. The van der Waals surface area contributed by atoms with Gasteiger partial charge in [-0.1, -0.05) is 0 Å². The number of primary amides is 1. The average Bonchev–Trinajstić information content (AvgIpc) is 1.99. The molecular weight excluding hydrogens is 202 g/mol. The first-order valence-electron chi connectivity index (χ1n) is 4.25. The largest absolute Gasteiger partial charge is 0.480 e. The van der Waals surface area contributed by atoms with Crippen LogP contribution in [0.15, 0.2) is 0 Å². The number of carboxylic acid groups (broad SMARTS) is 1. The fourth-order valence-corrected chi connectivity index (χ4v) is 0.746. The van der Waals surface area contributed by atoms with Crippen LogP contribution in [0.3, 0.4) is 0 Å². The van der Waals surface area contributed by atoms with Crippen molar-refractivity contribution in [3.05, 3.63) is 0 Å². The average molecular weight is 217 g/mol. The number of hydrogen-bond donors (Lipinski definition) is 4. The van der Waals surface area contributed by atoms with Gasteiger partial charge in [0.25, 0.3) is 0 Å². The number of carboxylic acids is 1. The zero-order chi connectivity index (χ0) is 12.2. The Morgan fingerprint density at radius 1 is 1.40 bits per heavy atom. The summed E-state index contributed by atoms with van der Waals surface area (Å²) in [5.74, 6) is -2.79. The van der Waals surface area contributed by atoms with Crippen molar-refractivity contribution in [2.75, 3.05) is 0 Å². The van der Waals surface area contributed by atoms with Crippen molar-refractivity contribution in [2.24, 2.45) is 11.5 Å². The molecule has 0 aromatic carbocycles. The fourth-order valence-electron chi connectivity index (χ4n) is 0.746. The molecule has 0 spiro atoms. The Morgan fingerprint density at radius 3 is 2.13 bits per heavy atom. The SMILES string of the molecule is CC(C)(N)C(=O)NC(CC(N)=O)C(=O)O. The minimum atomic E-state index is -1.34. The molecule has 0 saturated heterocycles. The minimum Gasteiger partial charge on any atom is -0.480 e. The quantitative estimate of drug-likeness (QED) is 0.429. The van der Waals surface area contributed by atoms with Gasteiger partial charge < -0.3 is 21.9 Å². The molecule has 1 atom stereocenters. The van der Waals surface area contributed by atoms with E-state index < -0.39 is 35.8 Å². The molecule has 0 aliphatic rings. The van der Waals surface area contributed by atoms with E-state index in [0.29, 0.717) is 0 Å². The molecule has 0 aliphatic carbocycles. The van der Waals surface area contributed by atoms with Crippen molar-refractivity contribution in [1.29, 1.82) is 0 Å². The van der Waals surface area contributed by atoms with E-state index in [1.807, 2.05) is 0 Å². The molecule has 6 N–H and O–H groups in total. The predicted octanol–water partition coefficient (Wildman–Crippen LogP) is -1.83. The van der Waals surface area contributed by atoms with Gasteiger partial charge in [0.1, 0.15) is 6.04 Å². The van der Waals surface area contributed by atoms with Crippen molar-refractivity contribution in [3.8, 4) is 0 Å². The maximum Gasteiger partial charge on any atom is 0.326 e. The molecular formula is C8H15N3O4. The van der Waals surface area contributed by atoms with E-state index in [9.17, 15) is 14.4 Å². The summed E-state index contributed by atoms with van der Waals surface area (Å²) in [6.07, 6.45) is -0.461. The standard InChI is InChI=1S/C8H15N3O4/c1-8(2,10)7(15)11-4(6(13)14)3-5(9)12/h4H,3,10H2,1-2H3,(H2,9,12)(H,11,15)(H,13,14). The number of carbonyl (C=O) groups is 3. The normalized spacial score (nSPS) is 13.0. The van der Waals surface area contributed by atoms with Crippen LogP contribution in [0.2, 0.25) is 0 Å². The van der Waals surface area contributed by atoms with Crippen LogP contribution in [0.1, 0.15) is 20.3 Å². The topological polar surface area (TPSA) is 136 Å². The van der Waals surface area contributed by atoms with Crippen molar-refractivity contribution >= 4 is 17.8 Å². The van der Waals surface area contributed by atoms with Gasteiger partial charge >= 0.3 is 5.97 Å². The fraction of sp³-hybridized carbons (Fsp3) is 0.625. The van der Waals surface area contributed by atoms with Crippen LogP contribution in [0.5, 0.6) is 0 Å². The molecule has 7 nitrogen and oxygen atoms in total. The Labute approximate surface area is 86.8 Å². The summed E-state index contributed by atoms with van der Waals surface area (Å²) in [7, 11) is 0. The first kappa shape index (κ1) is 13.4. The van der Waals surface area contributed by atoms with Gasteiger partial charge in [-0.2, -0.15) is 0 Å². The van der Waals surface area contributed by atoms with E-state index in [0.717, 1.165) is 0 Å². The highest BCUT2D eigenvalue weighted by atomic mass is 16.4. The monoisotopic (exact) mass is 217 g/mol. The van der Waals surface area contributed by atoms with Gasteiger partial charge in [-0.15, -0.1) is 0 Å². The second-order valence-electron chi connectivity index (χ2n) is 3.76. The molecule has 0 rings (SSSR count). The lowest BCUT2D eigenvalue weighted by Gasteiger charge is -2.21. The van der Waals surface area contributed by atoms with Gasteiger partial charge in [-0.25, -0.2) is 4.79 Å². The lowest BCUT2D eigenvalue weighted by atomic mass is 10.1. The van der Waals surface area contributed by atoms with Crippen LogP contribution in [-0.4, -0.2) is 34.5 Å². The maximum atomic E-state index is 11.3. The van der Waals surface area contributed by atoms with E-state index in [2.05, 4.69) is 5.32 Å². The molecule has 86 valence electrons. The van der Waals surface area contributed by atoms with Gasteiger partial charge in [0.2, 0.25) is 11.8 Å². The Kier molecular flexibility index (Phi) is 4.22. The van der Waals surface area contributed by atoms with E-state index in [4.69, 9.17) is 16.6 Å². The number of hydrogen-bond acceptors (Lipinski definition) is 4. The molecule has 7 heteroatoms. The van der Waals surface area contributed by atoms with Gasteiger partial charge in [-0.3, -0.25) is 9.59 Å². The van der Waals surface area contributed by atoms with Gasteiger partial charge in [-0.05, 0) is 13.8 Å². The zero-order valence-corrected chi connectivity index (χ0v) is 8.61. The molecule has 0 fully saturated rings. The van der Waals surface area contributed by atoms with Crippen LogP contribution < -0.4 is 16.8 Å². The number of rotatable bonds is 5. The van der Waals surface area contributed by atoms with E-state index in [-0.39, 0.29) is 0 Å². The number of nitrogens with one attached hydrogen (secondary N) is 1. The lowest BCUT2D eigenvalue weighted by Crippen LogP contribution is -2.54. The molecule has 0 bridgehead atoms. The molecule has 0 saturated carbocycles. The van der Waals surface area contributed by atoms with Gasteiger partial charge in [0.15, 0.2) is 0 Å². The highest BCUT2D eigenvalue weighted by molar-refractivity contribution is 5.91. The zero-order valence-electron chi connectivity index (χ0n) is 8.61. The first-order valence-corrected chi connectivity index (χ1v) is 4.25. The molecule has 0 aromatic rings. The summed E-state index contributed by atoms with van der Waals surface area (Å²) in [5.41, 5.74) is 9.07. The van der Waals surface area contributed by atoms with Crippen molar-refractivity contribution < 1.29 is 19.5 Å². The van der Waals surface area contributed by atoms with Crippen molar-refractivity contribution in [3.63, 3.8) is 0 Å². The number of carbonyl (C=O) groups excluding carboxylic acids is 2. The Morgan fingerprint density at radius 2 is 1.87 bits per heavy atom. The summed E-state index contributed by atoms with van der Waals surface area (Å²) in [5, 5.41) is 10.8. The third-order valence-electron chi connectivity index (χ3n) is 1.59. The molecule has 0 heterocycles. The lowest BCUT2D eigenvalue weighted by molar-refractivity contribution is -0.143.